The number of anilines is 1. The molecule has 97 heavy (non-hydrogen) atoms. The van der Waals surface area contributed by atoms with E-state index in [1.165, 1.54) is 24.3 Å². The van der Waals surface area contributed by atoms with Crippen molar-refractivity contribution in [3.05, 3.63) is 107 Å². The summed E-state index contributed by atoms with van der Waals surface area (Å²) in [5.74, 6) is 0.315. The molecule has 6 heterocycles. The number of aromatic nitrogens is 3. The summed E-state index contributed by atoms with van der Waals surface area (Å²) in [6.45, 7) is 13.9. The average molecular weight is 1350 g/mol. The Labute approximate surface area is 570 Å². The van der Waals surface area contributed by atoms with Crippen molar-refractivity contribution >= 4 is 62.9 Å². The molecule has 4 amide bonds. The van der Waals surface area contributed by atoms with Crippen molar-refractivity contribution in [2.45, 2.75) is 160 Å². The number of amides is 4. The second kappa shape index (κ2) is 28.2. The zero-order valence-corrected chi connectivity index (χ0v) is 57.1. The smallest absolute Gasteiger partial charge is 0.410 e. The van der Waals surface area contributed by atoms with Gasteiger partial charge in [-0.25, -0.2) is 13.6 Å². The molecule has 4 aromatic carbocycles. The van der Waals surface area contributed by atoms with Crippen molar-refractivity contribution in [1.82, 2.24) is 40.3 Å². The first kappa shape index (κ1) is 69.1. The SMILES string of the molecule is C#Cc1c(F)ccc2cc(OCOC)cc(-c3ncc4c(N5CC6CCC(C5)N6C(=O)OC(C)(C)C)nc(OCC5(CN6CCC7(CCC(OCC(=O)N[C@H](C(=O)N8C[C@H](O)C[C@H]8C(=O)N[C@@H](CO)c8ccc(-c9ccccc9Cl)cc8)C(C)(C)C)CC7)CC6)CC5)nc4c3F)c12. The Hall–Kier alpha value is -7.78. The molecule has 23 heteroatoms. The Bertz CT molecular complexity index is 3960. The van der Waals surface area contributed by atoms with Crippen LogP contribution < -0.4 is 25.0 Å². The number of carbonyl (C=O) groups is 4. The van der Waals surface area contributed by atoms with Crippen LogP contribution in [0.2, 0.25) is 5.02 Å². The highest BCUT2D eigenvalue weighted by atomic mass is 35.5. The summed E-state index contributed by atoms with van der Waals surface area (Å²) in [4.78, 5) is 78.0. The maximum atomic E-state index is 17.8. The zero-order valence-electron chi connectivity index (χ0n) is 56.3. The highest BCUT2D eigenvalue weighted by Crippen LogP contribution is 2.50. The van der Waals surface area contributed by atoms with E-state index in [-0.39, 0.29) is 95.2 Å². The summed E-state index contributed by atoms with van der Waals surface area (Å²) in [6, 6.07) is 17.6. The normalized spacial score (nSPS) is 21.5. The molecule has 2 bridgehead atoms. The van der Waals surface area contributed by atoms with Crippen molar-refractivity contribution in [3.63, 3.8) is 0 Å². The number of pyridine rings is 1. The maximum absolute atomic E-state index is 17.8. The van der Waals surface area contributed by atoms with Gasteiger partial charge in [-0.3, -0.25) is 24.3 Å². The number of nitrogens with one attached hydrogen (secondary N) is 2. The van der Waals surface area contributed by atoms with Gasteiger partial charge in [-0.2, -0.15) is 9.97 Å². The molecule has 4 saturated heterocycles. The van der Waals surface area contributed by atoms with Crippen LogP contribution in [-0.4, -0.2) is 179 Å². The van der Waals surface area contributed by atoms with Crippen molar-refractivity contribution in [2.24, 2.45) is 16.2 Å². The lowest BCUT2D eigenvalue weighted by molar-refractivity contribution is -0.145. The second-order valence-electron chi connectivity index (χ2n) is 29.6. The van der Waals surface area contributed by atoms with E-state index < -0.39 is 71.2 Å². The molecular formula is C74H88ClF2N9O11. The third kappa shape index (κ3) is 15.1. The summed E-state index contributed by atoms with van der Waals surface area (Å²) in [6.07, 6.45) is 14.8. The molecule has 2 unspecified atom stereocenters. The minimum Gasteiger partial charge on any atom is -0.468 e. The zero-order chi connectivity index (χ0) is 68.7. The number of aliphatic hydroxyl groups is 2. The Kier molecular flexibility index (Phi) is 20.1. The topological polar surface area (TPSA) is 231 Å². The van der Waals surface area contributed by atoms with E-state index in [9.17, 15) is 29.4 Å². The van der Waals surface area contributed by atoms with Gasteiger partial charge in [0, 0.05) is 72.9 Å². The van der Waals surface area contributed by atoms with Gasteiger partial charge < -0.3 is 59.2 Å². The molecule has 6 aliphatic rings. The molecule has 2 saturated carbocycles. The Morgan fingerprint density at radius 1 is 0.856 bits per heavy atom. The molecule has 6 aromatic rings. The van der Waals surface area contributed by atoms with Crippen LogP contribution in [0.15, 0.2) is 79.0 Å². The Balaban J connectivity index is 0.666. The lowest BCUT2D eigenvalue weighted by atomic mass is 9.67. The summed E-state index contributed by atoms with van der Waals surface area (Å²) in [7, 11) is 1.48. The first-order valence-electron chi connectivity index (χ1n) is 33.8. The third-order valence-electron chi connectivity index (χ3n) is 20.5. The van der Waals surface area contributed by atoms with Gasteiger partial charge in [0.25, 0.3) is 0 Å². The average Bonchev–Trinajstić information content (AvgIpc) is 1.60. The van der Waals surface area contributed by atoms with E-state index in [1.54, 1.807) is 36.4 Å². The number of hydrogen-bond acceptors (Lipinski definition) is 16. The minimum absolute atomic E-state index is 0.00182. The fourth-order valence-electron chi connectivity index (χ4n) is 15.0. The number of hydrogen-bond donors (Lipinski definition) is 4. The number of fused-ring (bicyclic) bond motifs is 4. The number of piperazine rings is 1. The number of aliphatic hydroxyl groups excluding tert-OH is 2. The van der Waals surface area contributed by atoms with E-state index >= 15 is 8.78 Å². The Morgan fingerprint density at radius 2 is 1.57 bits per heavy atom. The fourth-order valence-corrected chi connectivity index (χ4v) is 15.3. The van der Waals surface area contributed by atoms with E-state index in [2.05, 4.69) is 26.4 Å². The molecule has 516 valence electrons. The van der Waals surface area contributed by atoms with Crippen LogP contribution in [0, 0.1) is 40.2 Å². The van der Waals surface area contributed by atoms with Gasteiger partial charge in [-0.1, -0.05) is 86.8 Å². The van der Waals surface area contributed by atoms with Crippen molar-refractivity contribution in [1.29, 1.82) is 0 Å². The predicted octanol–water partition coefficient (Wildman–Crippen LogP) is 10.5. The van der Waals surface area contributed by atoms with Crippen LogP contribution in [0.5, 0.6) is 11.8 Å². The number of likely N-dealkylation sites (tertiary alicyclic amines) is 2. The third-order valence-corrected chi connectivity index (χ3v) is 20.8. The van der Waals surface area contributed by atoms with Crippen LogP contribution >= 0.6 is 11.6 Å². The number of rotatable bonds is 20. The molecule has 4 aliphatic heterocycles. The molecule has 1 spiro atoms. The van der Waals surface area contributed by atoms with Gasteiger partial charge in [0.1, 0.15) is 52.9 Å². The molecule has 0 radical (unpaired) electrons. The lowest BCUT2D eigenvalue weighted by Gasteiger charge is -2.46. The standard InChI is InChI=1S/C74H88ClF2N9O11/c1-9-52-57(76)21-18-46-32-51(96-43-93-8)34-54(61(46)52)63-62(77)64-55(35-78-63)66(84-36-47-19-20-48(37-84)86(47)70(92)97-72(5,6)7)82-69(81-64)95-42-74(26-27-74)41-83-30-28-73(29-31-83)24-22-50(23-25-73)94-40-60(89)80-65(71(2,3)4)68(91)85-38-49(88)33-59(85)67(90)79-58(39-87)45-16-14-44(15-17-45)53-12-10-11-13-56(53)75/h1,10-18,21,32,34-35,47-50,58-59,65,87-88H,19-20,22-31,33,36-43H2,2-8H3,(H,79,90)(H,80,89)/t47?,48?,49-,58+,59+,65-/m1/s1. The molecule has 2 aliphatic carbocycles. The first-order valence-corrected chi connectivity index (χ1v) is 34.2. The number of halogens is 3. The maximum Gasteiger partial charge on any atom is 0.410 e. The number of ether oxygens (including phenoxy) is 5. The number of methoxy groups -OCH3 is 1. The fraction of sp³-hybridized carbons (Fsp3) is 0.527. The van der Waals surface area contributed by atoms with E-state index in [4.69, 9.17) is 56.7 Å². The van der Waals surface area contributed by atoms with Crippen molar-refractivity contribution in [3.8, 4) is 46.5 Å². The molecule has 6 atom stereocenters. The molecule has 20 nitrogen and oxygen atoms in total. The van der Waals surface area contributed by atoms with Gasteiger partial charge >= 0.3 is 12.1 Å². The number of piperidine rings is 1. The second-order valence-corrected chi connectivity index (χ2v) is 30.0. The number of β-amino-alcohol motifs (C(OH)–C–C–N with tert-alkyl or cyclic N) is 1. The van der Waals surface area contributed by atoms with Gasteiger partial charge in [0.2, 0.25) is 17.7 Å². The summed E-state index contributed by atoms with van der Waals surface area (Å²) in [5.41, 5.74) is 0.869. The molecule has 2 aromatic heterocycles. The van der Waals surface area contributed by atoms with Crippen LogP contribution in [0.4, 0.5) is 19.4 Å². The van der Waals surface area contributed by atoms with Crippen LogP contribution in [0.25, 0.3) is 44.1 Å². The van der Waals surface area contributed by atoms with Gasteiger partial charge in [0.05, 0.1) is 54.5 Å². The minimum atomic E-state index is -1.04. The van der Waals surface area contributed by atoms with Crippen LogP contribution in [0.3, 0.4) is 0 Å². The number of terminal acetylenes is 1. The summed E-state index contributed by atoms with van der Waals surface area (Å²) in [5, 5.41) is 28.8. The number of carbonyl (C=O) groups excluding carboxylic acids is 4. The number of benzene rings is 4. The van der Waals surface area contributed by atoms with Crippen LogP contribution in [0.1, 0.15) is 129 Å². The largest absolute Gasteiger partial charge is 0.468 e. The lowest BCUT2D eigenvalue weighted by Crippen LogP contribution is -2.58. The first-order chi connectivity index (χ1) is 46.3. The van der Waals surface area contributed by atoms with E-state index in [0.29, 0.717) is 52.6 Å². The molecular weight excluding hydrogens is 1260 g/mol. The van der Waals surface area contributed by atoms with Crippen molar-refractivity contribution in [2.75, 3.05) is 77.9 Å². The predicted molar refractivity (Wildman–Crippen MR) is 364 cm³/mol. The summed E-state index contributed by atoms with van der Waals surface area (Å²) >= 11 is 6.43. The van der Waals surface area contributed by atoms with Gasteiger partial charge in [-0.15, -0.1) is 6.42 Å². The quantitative estimate of drug-likeness (QED) is 0.0411. The molecule has 4 N–H and O–H groups in total. The van der Waals surface area contributed by atoms with E-state index in [1.807, 2.05) is 76.8 Å². The highest BCUT2D eigenvalue weighted by molar-refractivity contribution is 6.33. The van der Waals surface area contributed by atoms with Gasteiger partial charge in [0.15, 0.2) is 12.6 Å². The number of nitrogens with zero attached hydrogens (tertiary/aromatic N) is 7. The van der Waals surface area contributed by atoms with E-state index in [0.717, 1.165) is 95.0 Å². The van der Waals surface area contributed by atoms with Crippen LogP contribution in [-0.2, 0) is 28.6 Å². The van der Waals surface area contributed by atoms with Gasteiger partial charge in [-0.05, 0) is 150 Å². The Morgan fingerprint density at radius 3 is 2.22 bits per heavy atom. The highest BCUT2D eigenvalue weighted by Gasteiger charge is 2.49. The molecule has 6 fully saturated rings. The summed E-state index contributed by atoms with van der Waals surface area (Å²) < 4.78 is 63.0. The molecule has 12 rings (SSSR count). The monoisotopic (exact) mass is 1350 g/mol. The van der Waals surface area contributed by atoms with Crippen molar-refractivity contribution < 1.29 is 61.9 Å².